The number of nitrogens with zero attached hydrogens (tertiary/aromatic N) is 1. The van der Waals surface area contributed by atoms with Crippen molar-refractivity contribution < 1.29 is 4.74 Å². The fourth-order valence-corrected chi connectivity index (χ4v) is 2.20. The topological polar surface area (TPSA) is 24.5 Å². The van der Waals surface area contributed by atoms with Crippen LogP contribution in [0.3, 0.4) is 0 Å². The lowest BCUT2D eigenvalue weighted by Crippen LogP contribution is -2.50. The Balaban J connectivity index is 0.00000162. The van der Waals surface area contributed by atoms with E-state index in [1.807, 2.05) is 12.1 Å². The zero-order valence-electron chi connectivity index (χ0n) is 11.2. The maximum absolute atomic E-state index is 5.78. The lowest BCUT2D eigenvalue weighted by atomic mass is 10.2. The average molecular weight is 271 g/mol. The molecule has 1 aromatic carbocycles. The van der Waals surface area contributed by atoms with Gasteiger partial charge in [0.15, 0.2) is 0 Å². The number of nitrogens with one attached hydrogen (secondary N) is 1. The van der Waals surface area contributed by atoms with Crippen LogP contribution in [0.5, 0.6) is 5.75 Å². The van der Waals surface area contributed by atoms with E-state index in [1.165, 1.54) is 5.56 Å². The van der Waals surface area contributed by atoms with Crippen molar-refractivity contribution in [3.05, 3.63) is 29.8 Å². The summed E-state index contributed by atoms with van der Waals surface area (Å²) in [7, 11) is 0. The van der Waals surface area contributed by atoms with E-state index in [4.69, 9.17) is 4.74 Å². The molecule has 4 heteroatoms. The van der Waals surface area contributed by atoms with Gasteiger partial charge in [0, 0.05) is 32.2 Å². The van der Waals surface area contributed by atoms with Crippen LogP contribution >= 0.6 is 12.4 Å². The standard InChI is InChI=1S/C14H22N2O.ClH/c1-12-4-3-5-14(10-12)17-9-8-16-7-6-15-11-13(16)2;/h3-5,10,13,15H,6-9,11H2,1-2H3;1H. The summed E-state index contributed by atoms with van der Waals surface area (Å²) in [5, 5.41) is 3.40. The van der Waals surface area contributed by atoms with Crippen LogP contribution in [0.1, 0.15) is 12.5 Å². The molecule has 1 unspecified atom stereocenters. The second kappa shape index (κ2) is 7.62. The summed E-state index contributed by atoms with van der Waals surface area (Å²) in [6, 6.07) is 8.85. The third kappa shape index (κ3) is 4.48. The van der Waals surface area contributed by atoms with E-state index in [9.17, 15) is 0 Å². The smallest absolute Gasteiger partial charge is 0.119 e. The Kier molecular flexibility index (Phi) is 6.47. The fraction of sp³-hybridized carbons (Fsp3) is 0.571. The van der Waals surface area contributed by atoms with Crippen molar-refractivity contribution in [3.8, 4) is 5.75 Å². The van der Waals surface area contributed by atoms with E-state index in [0.29, 0.717) is 6.04 Å². The molecule has 0 spiro atoms. The van der Waals surface area contributed by atoms with Crippen LogP contribution in [-0.4, -0.2) is 43.7 Å². The largest absolute Gasteiger partial charge is 0.492 e. The molecular formula is C14H23ClN2O. The lowest BCUT2D eigenvalue weighted by Gasteiger charge is -2.33. The molecule has 0 aromatic heterocycles. The first-order chi connectivity index (χ1) is 8.25. The van der Waals surface area contributed by atoms with Crippen molar-refractivity contribution in [2.75, 3.05) is 32.8 Å². The molecule has 1 saturated heterocycles. The third-order valence-electron chi connectivity index (χ3n) is 3.28. The van der Waals surface area contributed by atoms with E-state index in [-0.39, 0.29) is 12.4 Å². The van der Waals surface area contributed by atoms with Crippen LogP contribution in [0, 0.1) is 6.92 Å². The Morgan fingerprint density at radius 1 is 1.44 bits per heavy atom. The van der Waals surface area contributed by atoms with Crippen molar-refractivity contribution in [1.29, 1.82) is 0 Å². The highest BCUT2D eigenvalue weighted by Crippen LogP contribution is 2.12. The fourth-order valence-electron chi connectivity index (χ4n) is 2.20. The van der Waals surface area contributed by atoms with Gasteiger partial charge in [-0.05, 0) is 31.5 Å². The van der Waals surface area contributed by atoms with Crippen molar-refractivity contribution in [3.63, 3.8) is 0 Å². The molecule has 0 bridgehead atoms. The van der Waals surface area contributed by atoms with Crippen molar-refractivity contribution >= 4 is 12.4 Å². The minimum Gasteiger partial charge on any atom is -0.492 e. The number of ether oxygens (including phenoxy) is 1. The predicted octanol–water partition coefficient (Wildman–Crippen LogP) is 2.09. The molecule has 1 atom stereocenters. The summed E-state index contributed by atoms with van der Waals surface area (Å²) in [6.07, 6.45) is 0. The molecule has 102 valence electrons. The van der Waals surface area contributed by atoms with Gasteiger partial charge in [-0.15, -0.1) is 12.4 Å². The molecule has 1 aliphatic heterocycles. The Morgan fingerprint density at radius 2 is 2.28 bits per heavy atom. The predicted molar refractivity (Wildman–Crippen MR) is 77.8 cm³/mol. The Hall–Kier alpha value is -0.770. The summed E-state index contributed by atoms with van der Waals surface area (Å²) in [5.74, 6) is 0.979. The van der Waals surface area contributed by atoms with Crippen LogP contribution in [0.15, 0.2) is 24.3 Å². The molecule has 0 amide bonds. The molecule has 1 heterocycles. The molecule has 0 aliphatic carbocycles. The van der Waals surface area contributed by atoms with E-state index in [1.54, 1.807) is 0 Å². The van der Waals surface area contributed by atoms with Crippen LogP contribution in [0.2, 0.25) is 0 Å². The first-order valence-corrected chi connectivity index (χ1v) is 6.40. The van der Waals surface area contributed by atoms with Crippen molar-refractivity contribution in [2.24, 2.45) is 0 Å². The van der Waals surface area contributed by atoms with Gasteiger partial charge < -0.3 is 10.1 Å². The van der Waals surface area contributed by atoms with Crippen LogP contribution < -0.4 is 10.1 Å². The molecule has 1 N–H and O–H groups in total. The number of hydrogen-bond donors (Lipinski definition) is 1. The Bertz CT molecular complexity index is 359. The number of piperazine rings is 1. The van der Waals surface area contributed by atoms with Gasteiger partial charge in [0.05, 0.1) is 0 Å². The quantitative estimate of drug-likeness (QED) is 0.907. The summed E-state index contributed by atoms with van der Waals surface area (Å²) in [5.41, 5.74) is 1.25. The molecule has 2 rings (SSSR count). The molecule has 0 radical (unpaired) electrons. The number of rotatable bonds is 4. The molecule has 18 heavy (non-hydrogen) atoms. The lowest BCUT2D eigenvalue weighted by molar-refractivity contribution is 0.143. The number of halogens is 1. The summed E-state index contributed by atoms with van der Waals surface area (Å²) in [4.78, 5) is 2.48. The number of benzene rings is 1. The molecule has 1 fully saturated rings. The number of aryl methyl sites for hydroxylation is 1. The highest BCUT2D eigenvalue weighted by molar-refractivity contribution is 5.85. The van der Waals surface area contributed by atoms with E-state index < -0.39 is 0 Å². The molecule has 1 aliphatic rings. The highest BCUT2D eigenvalue weighted by atomic mass is 35.5. The number of hydrogen-bond acceptors (Lipinski definition) is 3. The summed E-state index contributed by atoms with van der Waals surface area (Å²) < 4.78 is 5.78. The van der Waals surface area contributed by atoms with Gasteiger partial charge in [0.25, 0.3) is 0 Å². The third-order valence-corrected chi connectivity index (χ3v) is 3.28. The van der Waals surface area contributed by atoms with Crippen LogP contribution in [-0.2, 0) is 0 Å². The van der Waals surface area contributed by atoms with Crippen LogP contribution in [0.25, 0.3) is 0 Å². The second-order valence-electron chi connectivity index (χ2n) is 4.75. The SMILES string of the molecule is Cc1cccc(OCCN2CCNCC2C)c1.Cl. The van der Waals surface area contributed by atoms with Gasteiger partial charge in [-0.3, -0.25) is 4.90 Å². The maximum Gasteiger partial charge on any atom is 0.119 e. The zero-order chi connectivity index (χ0) is 12.1. The zero-order valence-corrected chi connectivity index (χ0v) is 12.0. The average Bonchev–Trinajstić information content (AvgIpc) is 2.32. The van der Waals surface area contributed by atoms with Gasteiger partial charge in [0.1, 0.15) is 12.4 Å². The van der Waals surface area contributed by atoms with Crippen molar-refractivity contribution in [2.45, 2.75) is 19.9 Å². The van der Waals surface area contributed by atoms with Gasteiger partial charge >= 0.3 is 0 Å². The second-order valence-corrected chi connectivity index (χ2v) is 4.75. The maximum atomic E-state index is 5.78. The minimum absolute atomic E-state index is 0. The van der Waals surface area contributed by atoms with Gasteiger partial charge in [-0.2, -0.15) is 0 Å². The van der Waals surface area contributed by atoms with Gasteiger partial charge in [0.2, 0.25) is 0 Å². The highest BCUT2D eigenvalue weighted by Gasteiger charge is 2.16. The van der Waals surface area contributed by atoms with E-state index in [0.717, 1.165) is 38.5 Å². The molecule has 3 nitrogen and oxygen atoms in total. The van der Waals surface area contributed by atoms with E-state index >= 15 is 0 Å². The van der Waals surface area contributed by atoms with Gasteiger partial charge in [-0.1, -0.05) is 12.1 Å². The molecular weight excluding hydrogens is 248 g/mol. The van der Waals surface area contributed by atoms with Crippen LogP contribution in [0.4, 0.5) is 0 Å². The normalized spacial score (nSPS) is 20.2. The van der Waals surface area contributed by atoms with Crippen molar-refractivity contribution in [1.82, 2.24) is 10.2 Å². The van der Waals surface area contributed by atoms with E-state index in [2.05, 4.69) is 36.2 Å². The monoisotopic (exact) mass is 270 g/mol. The first kappa shape index (κ1) is 15.3. The van der Waals surface area contributed by atoms with Gasteiger partial charge in [-0.25, -0.2) is 0 Å². The first-order valence-electron chi connectivity index (χ1n) is 6.40. The Morgan fingerprint density at radius 3 is 3.00 bits per heavy atom. The summed E-state index contributed by atoms with van der Waals surface area (Å²) in [6.45, 7) is 9.44. The molecule has 0 saturated carbocycles. The molecule has 1 aromatic rings. The Labute approximate surface area is 116 Å². The minimum atomic E-state index is 0. The summed E-state index contributed by atoms with van der Waals surface area (Å²) >= 11 is 0.